The van der Waals surface area contributed by atoms with Crippen molar-refractivity contribution >= 4 is 23.0 Å². The number of anilines is 2. The molecule has 2 aromatic carbocycles. The Hall–Kier alpha value is -3.60. The van der Waals surface area contributed by atoms with Crippen molar-refractivity contribution in [2.24, 2.45) is 11.1 Å². The number of ether oxygens (including phenoxy) is 2. The van der Waals surface area contributed by atoms with Gasteiger partial charge in [0.05, 0.1) is 25.6 Å². The number of hydrogen-bond donors (Lipinski definition) is 4. The molecule has 0 aliphatic carbocycles. The van der Waals surface area contributed by atoms with Crippen LogP contribution in [0.25, 0.3) is 0 Å². The van der Waals surface area contributed by atoms with Crippen LogP contribution in [0.1, 0.15) is 34.1 Å². The van der Waals surface area contributed by atoms with E-state index in [1.807, 2.05) is 0 Å². The fourth-order valence-corrected chi connectivity index (χ4v) is 2.09. The summed E-state index contributed by atoms with van der Waals surface area (Å²) in [5, 5.41) is 19.8. The fourth-order valence-electron chi connectivity index (χ4n) is 2.09. The molecule has 11 heteroatoms. The molecule has 2 aromatic rings. The lowest BCUT2D eigenvalue weighted by Crippen LogP contribution is -2.35. The molecule has 9 nitrogen and oxygen atoms in total. The SMILES string of the molecule is CCC.COc1cc(N(N=N)C(C)=N)ccc1F.COc1ccc(F)c(N(N)C(C)=N)c1. The highest BCUT2D eigenvalue weighted by molar-refractivity contribution is 5.93. The molecule has 0 saturated heterocycles. The maximum atomic E-state index is 13.2. The first-order chi connectivity index (χ1) is 15.1. The second-order valence-electron chi connectivity index (χ2n) is 6.30. The van der Waals surface area contributed by atoms with Gasteiger partial charge in [-0.2, -0.15) is 5.53 Å². The van der Waals surface area contributed by atoms with Gasteiger partial charge in [-0.3, -0.25) is 15.8 Å². The minimum atomic E-state index is -0.492. The summed E-state index contributed by atoms with van der Waals surface area (Å²) in [7, 11) is 2.83. The van der Waals surface area contributed by atoms with E-state index in [9.17, 15) is 8.78 Å². The highest BCUT2D eigenvalue weighted by atomic mass is 19.1. The second-order valence-corrected chi connectivity index (χ2v) is 6.30. The summed E-state index contributed by atoms with van der Waals surface area (Å²) >= 11 is 0. The number of halogens is 2. The van der Waals surface area contributed by atoms with Gasteiger partial charge >= 0.3 is 0 Å². The second kappa shape index (κ2) is 14.4. The zero-order valence-electron chi connectivity index (χ0n) is 19.2. The van der Waals surface area contributed by atoms with Crippen LogP contribution in [0.3, 0.4) is 0 Å². The van der Waals surface area contributed by atoms with Gasteiger partial charge in [-0.1, -0.05) is 25.5 Å². The molecule has 0 bridgehead atoms. The van der Waals surface area contributed by atoms with Crippen molar-refractivity contribution in [3.05, 3.63) is 48.0 Å². The predicted octanol–water partition coefficient (Wildman–Crippen LogP) is 5.51. The Balaban J connectivity index is 0.000000536. The normalized spacial score (nSPS) is 9.28. The molecule has 2 rings (SSSR count). The van der Waals surface area contributed by atoms with Crippen LogP contribution in [0.2, 0.25) is 0 Å². The van der Waals surface area contributed by atoms with Crippen LogP contribution in [0.5, 0.6) is 11.5 Å². The molecule has 0 aromatic heterocycles. The summed E-state index contributed by atoms with van der Waals surface area (Å²) in [6.07, 6.45) is 1.25. The van der Waals surface area contributed by atoms with Gasteiger partial charge in [0, 0.05) is 12.1 Å². The third-order valence-electron chi connectivity index (χ3n) is 3.57. The van der Waals surface area contributed by atoms with Crippen molar-refractivity contribution < 1.29 is 18.3 Å². The highest BCUT2D eigenvalue weighted by Gasteiger charge is 2.11. The molecule has 0 amide bonds. The van der Waals surface area contributed by atoms with Gasteiger partial charge in [0.25, 0.3) is 0 Å². The van der Waals surface area contributed by atoms with Crippen LogP contribution in [0.15, 0.2) is 41.6 Å². The minimum Gasteiger partial charge on any atom is -0.497 e. The molecule has 0 fully saturated rings. The third-order valence-corrected chi connectivity index (χ3v) is 3.57. The molecular weight excluding hydrogens is 420 g/mol. The van der Waals surface area contributed by atoms with Crippen molar-refractivity contribution in [1.82, 2.24) is 0 Å². The Morgan fingerprint density at radius 3 is 1.97 bits per heavy atom. The van der Waals surface area contributed by atoms with Crippen molar-refractivity contribution in [2.75, 3.05) is 24.2 Å². The number of nitrogens with two attached hydrogens (primary N) is 1. The Bertz CT molecular complexity index is 910. The van der Waals surface area contributed by atoms with Gasteiger partial charge in [0.15, 0.2) is 11.6 Å². The number of rotatable bonds is 5. The summed E-state index contributed by atoms with van der Waals surface area (Å²) in [5.41, 5.74) is 7.42. The van der Waals surface area contributed by atoms with E-state index < -0.39 is 11.6 Å². The van der Waals surface area contributed by atoms with Crippen molar-refractivity contribution in [1.29, 1.82) is 16.3 Å². The molecule has 176 valence electrons. The number of benzene rings is 2. The number of nitrogens with zero attached hydrogens (tertiary/aromatic N) is 3. The van der Waals surface area contributed by atoms with Gasteiger partial charge in [-0.15, -0.1) is 0 Å². The van der Waals surface area contributed by atoms with Crippen LogP contribution >= 0.6 is 0 Å². The molecule has 0 heterocycles. The molecule has 5 N–H and O–H groups in total. The summed E-state index contributed by atoms with van der Waals surface area (Å²) < 4.78 is 36.0. The standard InChI is InChI=1S/C9H11FN4O.C9H12FN3O.C3H8/c1-6(11)14(13-12)7-3-4-8(10)9(5-7)15-2;1-6(11)13(12)9-5-7(14-2)3-4-8(9)10;1-3-2/h3-5,11-12H,1-2H3;3-5,11H,12H2,1-2H3;3H2,1-2H3. The lowest BCUT2D eigenvalue weighted by Gasteiger charge is -2.17. The Morgan fingerprint density at radius 1 is 0.969 bits per heavy atom. The van der Waals surface area contributed by atoms with E-state index in [4.69, 9.17) is 31.7 Å². The van der Waals surface area contributed by atoms with Crippen molar-refractivity contribution in [2.45, 2.75) is 34.1 Å². The van der Waals surface area contributed by atoms with E-state index in [1.165, 1.54) is 70.9 Å². The van der Waals surface area contributed by atoms with Crippen molar-refractivity contribution in [3.63, 3.8) is 0 Å². The van der Waals surface area contributed by atoms with Gasteiger partial charge in [-0.05, 0) is 38.1 Å². The molecular formula is C21H31F2N7O2. The number of hydrazine groups is 1. The van der Waals surface area contributed by atoms with Crippen LogP contribution in [-0.2, 0) is 0 Å². The zero-order valence-corrected chi connectivity index (χ0v) is 19.2. The number of methoxy groups -OCH3 is 2. The first kappa shape index (κ1) is 28.4. The molecule has 0 saturated carbocycles. The Labute approximate surface area is 187 Å². The summed E-state index contributed by atoms with van der Waals surface area (Å²) in [6.45, 7) is 7.20. The van der Waals surface area contributed by atoms with E-state index in [0.717, 1.165) is 10.0 Å². The molecule has 32 heavy (non-hydrogen) atoms. The number of hydrogen-bond acceptors (Lipinski definition) is 7. The van der Waals surface area contributed by atoms with Crippen LogP contribution in [-0.4, -0.2) is 25.9 Å². The van der Waals surface area contributed by atoms with Crippen LogP contribution < -0.4 is 25.3 Å². The maximum Gasteiger partial charge on any atom is 0.165 e. The first-order valence-electron chi connectivity index (χ1n) is 9.57. The fraction of sp³-hybridized carbons (Fsp3) is 0.333. The monoisotopic (exact) mass is 451 g/mol. The molecule has 0 unspecified atom stereocenters. The van der Waals surface area contributed by atoms with Gasteiger partial charge in [-0.25, -0.2) is 19.6 Å². The molecule has 0 radical (unpaired) electrons. The summed E-state index contributed by atoms with van der Waals surface area (Å²) in [5.74, 6) is 5.17. The quantitative estimate of drug-likeness (QED) is 0.156. The smallest absolute Gasteiger partial charge is 0.165 e. The van der Waals surface area contributed by atoms with E-state index in [1.54, 1.807) is 0 Å². The van der Waals surface area contributed by atoms with Crippen molar-refractivity contribution in [3.8, 4) is 11.5 Å². The van der Waals surface area contributed by atoms with Crippen LogP contribution in [0, 0.1) is 28.0 Å². The number of nitrogens with one attached hydrogen (secondary N) is 3. The van der Waals surface area contributed by atoms with Gasteiger partial charge in [0.1, 0.15) is 23.2 Å². The van der Waals surface area contributed by atoms with E-state index in [0.29, 0.717) is 11.4 Å². The molecule has 0 atom stereocenters. The highest BCUT2D eigenvalue weighted by Crippen LogP contribution is 2.25. The Morgan fingerprint density at radius 2 is 1.53 bits per heavy atom. The molecule has 0 spiro atoms. The van der Waals surface area contributed by atoms with Crippen LogP contribution in [0.4, 0.5) is 20.2 Å². The van der Waals surface area contributed by atoms with Gasteiger partial charge < -0.3 is 9.47 Å². The van der Waals surface area contributed by atoms with E-state index in [-0.39, 0.29) is 23.1 Å². The lowest BCUT2D eigenvalue weighted by atomic mass is 10.2. The minimum absolute atomic E-state index is 0.0529. The zero-order chi connectivity index (χ0) is 24.8. The third kappa shape index (κ3) is 8.64. The summed E-state index contributed by atoms with van der Waals surface area (Å²) in [4.78, 5) is 0. The molecule has 0 aliphatic rings. The first-order valence-corrected chi connectivity index (χ1v) is 9.57. The largest absolute Gasteiger partial charge is 0.497 e. The maximum absolute atomic E-state index is 13.2. The van der Waals surface area contributed by atoms with E-state index >= 15 is 0 Å². The Kier molecular flexibility index (Phi) is 12.8. The average molecular weight is 452 g/mol. The van der Waals surface area contributed by atoms with E-state index in [2.05, 4.69) is 19.1 Å². The predicted molar refractivity (Wildman–Crippen MR) is 123 cm³/mol. The summed E-state index contributed by atoms with van der Waals surface area (Å²) in [6, 6.07) is 8.19. The molecule has 0 aliphatic heterocycles. The lowest BCUT2D eigenvalue weighted by molar-refractivity contribution is 0.386. The number of amidine groups is 2. The van der Waals surface area contributed by atoms with Gasteiger partial charge in [0.2, 0.25) is 0 Å². The topological polar surface area (TPSA) is 135 Å². The average Bonchev–Trinajstić information content (AvgIpc) is 2.76.